The summed E-state index contributed by atoms with van der Waals surface area (Å²) in [5.74, 6) is -0.282. The van der Waals surface area contributed by atoms with Gasteiger partial charge in [-0.05, 0) is 6.07 Å². The Bertz CT molecular complexity index is 792. The third kappa shape index (κ3) is 1.13. The van der Waals surface area contributed by atoms with Gasteiger partial charge in [0.15, 0.2) is 0 Å². The first-order valence-corrected chi connectivity index (χ1v) is 5.81. The van der Waals surface area contributed by atoms with Crippen molar-refractivity contribution in [2.75, 3.05) is 5.73 Å². The predicted molar refractivity (Wildman–Crippen MR) is 67.4 cm³/mol. The van der Waals surface area contributed by atoms with E-state index in [1.54, 1.807) is 17.7 Å². The van der Waals surface area contributed by atoms with E-state index in [1.165, 1.54) is 17.4 Å². The fourth-order valence-electron chi connectivity index (χ4n) is 2.20. The van der Waals surface area contributed by atoms with Crippen LogP contribution in [0.25, 0.3) is 21.1 Å². The van der Waals surface area contributed by atoms with E-state index in [0.717, 1.165) is 15.6 Å². The van der Waals surface area contributed by atoms with Gasteiger partial charge in [0.05, 0.1) is 15.7 Å². The molecule has 1 aromatic carbocycles. The molecule has 0 saturated carbocycles. The lowest BCUT2D eigenvalue weighted by atomic mass is 10.2. The van der Waals surface area contributed by atoms with Gasteiger partial charge in [-0.25, -0.2) is 4.39 Å². The first-order valence-electron chi connectivity index (χ1n) is 5.00. The number of nitrogen functional groups attached to an aromatic ring is 1. The standard InChI is InChI=1S/C12H8FN3S/c1-16-9-6(3-2-4-8(9)13)11-10(16)7(5-14)12(15)17-11/h2-4H,15H2,1H3. The fraction of sp³-hybridized carbons (Fsp3) is 0.0833. The summed E-state index contributed by atoms with van der Waals surface area (Å²) in [7, 11) is 1.75. The number of aryl methyl sites for hydroxylation is 1. The highest BCUT2D eigenvalue weighted by Crippen LogP contribution is 2.40. The monoisotopic (exact) mass is 245 g/mol. The van der Waals surface area contributed by atoms with Crippen LogP contribution in [0.15, 0.2) is 18.2 Å². The highest BCUT2D eigenvalue weighted by Gasteiger charge is 2.19. The molecule has 2 N–H and O–H groups in total. The number of nitrogens with zero attached hydrogens (tertiary/aromatic N) is 2. The first-order chi connectivity index (χ1) is 8.15. The molecule has 2 aromatic heterocycles. The van der Waals surface area contributed by atoms with E-state index in [-0.39, 0.29) is 5.82 Å². The van der Waals surface area contributed by atoms with Crippen molar-refractivity contribution in [3.63, 3.8) is 0 Å². The van der Waals surface area contributed by atoms with Gasteiger partial charge in [0, 0.05) is 12.4 Å². The van der Waals surface area contributed by atoms with Crippen LogP contribution in [0.1, 0.15) is 5.56 Å². The number of benzene rings is 1. The zero-order valence-corrected chi connectivity index (χ0v) is 9.81. The van der Waals surface area contributed by atoms with Crippen molar-refractivity contribution in [1.82, 2.24) is 4.57 Å². The number of nitrogens with two attached hydrogens (primary N) is 1. The Balaban J connectivity index is 2.67. The van der Waals surface area contributed by atoms with Crippen LogP contribution in [0, 0.1) is 17.1 Å². The third-order valence-electron chi connectivity index (χ3n) is 2.92. The Labute approximate surface area is 100 Å². The van der Waals surface area contributed by atoms with Crippen molar-refractivity contribution in [3.05, 3.63) is 29.6 Å². The molecule has 0 spiro atoms. The number of hydrogen-bond donors (Lipinski definition) is 1. The first kappa shape index (κ1) is 10.1. The maximum Gasteiger partial charge on any atom is 0.147 e. The molecule has 0 saturated heterocycles. The molecule has 5 heteroatoms. The Hall–Kier alpha value is -2.06. The molecule has 84 valence electrons. The van der Waals surface area contributed by atoms with Gasteiger partial charge in [-0.2, -0.15) is 5.26 Å². The SMILES string of the molecule is Cn1c2c(F)cccc2c2sc(N)c(C#N)c21. The number of hydrogen-bond acceptors (Lipinski definition) is 3. The molecular formula is C12H8FN3S. The van der Waals surface area contributed by atoms with Gasteiger partial charge in [-0.3, -0.25) is 0 Å². The van der Waals surface area contributed by atoms with E-state index < -0.39 is 0 Å². The van der Waals surface area contributed by atoms with Crippen molar-refractivity contribution in [2.24, 2.45) is 7.05 Å². The average molecular weight is 245 g/mol. The van der Waals surface area contributed by atoms with Gasteiger partial charge < -0.3 is 10.3 Å². The second-order valence-electron chi connectivity index (χ2n) is 3.83. The maximum absolute atomic E-state index is 13.8. The van der Waals surface area contributed by atoms with Crippen molar-refractivity contribution in [1.29, 1.82) is 5.26 Å². The van der Waals surface area contributed by atoms with E-state index >= 15 is 0 Å². The molecule has 0 aliphatic rings. The normalized spacial score (nSPS) is 11.1. The highest BCUT2D eigenvalue weighted by molar-refractivity contribution is 7.24. The summed E-state index contributed by atoms with van der Waals surface area (Å²) in [6.45, 7) is 0. The number of fused-ring (bicyclic) bond motifs is 3. The van der Waals surface area contributed by atoms with Crippen LogP contribution < -0.4 is 5.73 Å². The van der Waals surface area contributed by atoms with Crippen molar-refractivity contribution >= 4 is 37.5 Å². The second kappa shape index (κ2) is 3.22. The number of aromatic nitrogens is 1. The highest BCUT2D eigenvalue weighted by atomic mass is 32.1. The quantitative estimate of drug-likeness (QED) is 0.662. The Morgan fingerprint density at radius 1 is 1.41 bits per heavy atom. The summed E-state index contributed by atoms with van der Waals surface area (Å²) in [5.41, 5.74) is 7.47. The number of nitriles is 1. The molecule has 3 rings (SSSR count). The zero-order valence-electron chi connectivity index (χ0n) is 8.99. The molecule has 0 fully saturated rings. The van der Waals surface area contributed by atoms with Crippen molar-refractivity contribution < 1.29 is 4.39 Å². The number of anilines is 1. The van der Waals surface area contributed by atoms with Crippen LogP contribution in [0.3, 0.4) is 0 Å². The summed E-state index contributed by atoms with van der Waals surface area (Å²) in [6, 6.07) is 7.01. The lowest BCUT2D eigenvalue weighted by molar-refractivity contribution is 0.633. The number of thiophene rings is 1. The van der Waals surface area contributed by atoms with Gasteiger partial charge in [0.1, 0.15) is 22.5 Å². The van der Waals surface area contributed by atoms with Crippen molar-refractivity contribution in [2.45, 2.75) is 0 Å². The lowest BCUT2D eigenvalue weighted by Gasteiger charge is -1.99. The zero-order chi connectivity index (χ0) is 12.2. The largest absolute Gasteiger partial charge is 0.389 e. The summed E-state index contributed by atoms with van der Waals surface area (Å²) in [6.07, 6.45) is 0. The van der Waals surface area contributed by atoms with E-state index in [2.05, 4.69) is 6.07 Å². The van der Waals surface area contributed by atoms with Gasteiger partial charge in [0.2, 0.25) is 0 Å². The average Bonchev–Trinajstić information content (AvgIpc) is 2.76. The fourth-order valence-corrected chi connectivity index (χ4v) is 3.28. The summed E-state index contributed by atoms with van der Waals surface area (Å²) < 4.78 is 16.3. The molecule has 0 radical (unpaired) electrons. The minimum Gasteiger partial charge on any atom is -0.389 e. The van der Waals surface area contributed by atoms with Gasteiger partial charge in [0.25, 0.3) is 0 Å². The number of rotatable bonds is 0. The summed E-state index contributed by atoms with van der Waals surface area (Å²) >= 11 is 1.33. The molecule has 3 nitrogen and oxygen atoms in total. The number of para-hydroxylation sites is 1. The van der Waals surface area contributed by atoms with E-state index in [1.807, 2.05) is 6.07 Å². The Morgan fingerprint density at radius 3 is 2.88 bits per heavy atom. The van der Waals surface area contributed by atoms with Crippen LogP contribution in [0.4, 0.5) is 9.39 Å². The Kier molecular flexibility index (Phi) is 1.91. The molecule has 0 bridgehead atoms. The molecule has 0 unspecified atom stereocenters. The van der Waals surface area contributed by atoms with Crippen LogP contribution in [-0.4, -0.2) is 4.57 Å². The van der Waals surface area contributed by atoms with Crippen LogP contribution >= 0.6 is 11.3 Å². The molecule has 0 aliphatic heterocycles. The number of halogens is 1. The Morgan fingerprint density at radius 2 is 2.18 bits per heavy atom. The third-order valence-corrected chi connectivity index (χ3v) is 3.97. The van der Waals surface area contributed by atoms with Crippen LogP contribution in [-0.2, 0) is 7.05 Å². The molecule has 0 atom stereocenters. The van der Waals surface area contributed by atoms with Gasteiger partial charge >= 0.3 is 0 Å². The van der Waals surface area contributed by atoms with Gasteiger partial charge in [-0.15, -0.1) is 11.3 Å². The summed E-state index contributed by atoms with van der Waals surface area (Å²) in [5, 5.41) is 10.4. The van der Waals surface area contributed by atoms with Crippen LogP contribution in [0.5, 0.6) is 0 Å². The predicted octanol–water partition coefficient (Wildman–Crippen LogP) is 2.99. The smallest absolute Gasteiger partial charge is 0.147 e. The van der Waals surface area contributed by atoms with E-state index in [0.29, 0.717) is 16.1 Å². The van der Waals surface area contributed by atoms with E-state index in [9.17, 15) is 4.39 Å². The summed E-state index contributed by atoms with van der Waals surface area (Å²) in [4.78, 5) is 0. The minimum absolute atomic E-state index is 0.282. The van der Waals surface area contributed by atoms with E-state index in [4.69, 9.17) is 11.0 Å². The molecule has 2 heterocycles. The maximum atomic E-state index is 13.8. The molecule has 3 aromatic rings. The minimum atomic E-state index is -0.282. The second-order valence-corrected chi connectivity index (χ2v) is 4.88. The molecule has 0 amide bonds. The van der Waals surface area contributed by atoms with Gasteiger partial charge in [-0.1, -0.05) is 12.1 Å². The molecule has 17 heavy (non-hydrogen) atoms. The lowest BCUT2D eigenvalue weighted by Crippen LogP contribution is -1.92. The topological polar surface area (TPSA) is 54.7 Å². The molecule has 0 aliphatic carbocycles. The van der Waals surface area contributed by atoms with Crippen molar-refractivity contribution in [3.8, 4) is 6.07 Å². The molecular weight excluding hydrogens is 237 g/mol. The van der Waals surface area contributed by atoms with Crippen LogP contribution in [0.2, 0.25) is 0 Å².